The van der Waals surface area contributed by atoms with Crippen LogP contribution in [0.5, 0.6) is 0 Å². The van der Waals surface area contributed by atoms with Gasteiger partial charge in [-0.05, 0) is 37.1 Å². The molecule has 5 aromatic rings. The number of anilines is 1. The summed E-state index contributed by atoms with van der Waals surface area (Å²) in [5.74, 6) is 0.636. The maximum Gasteiger partial charge on any atom is 0.250 e. The third kappa shape index (κ3) is 3.32. The summed E-state index contributed by atoms with van der Waals surface area (Å²) in [7, 11) is 0. The van der Waals surface area contributed by atoms with Crippen LogP contribution in [0.25, 0.3) is 22.8 Å². The molecular weight excluding hydrogens is 430 g/mol. The summed E-state index contributed by atoms with van der Waals surface area (Å²) < 4.78 is 37.1. The average Bonchev–Trinajstić information content (AvgIpc) is 3.60. The smallest absolute Gasteiger partial charge is 0.250 e. The third-order valence-electron chi connectivity index (χ3n) is 5.80. The monoisotopic (exact) mass is 448 g/mol. The number of nitrogens with zero attached hydrogens (tertiary/aromatic N) is 8. The molecule has 1 saturated heterocycles. The standard InChI is InChI=1S/C22H18F2N8O/c1-13-28-29-22(33-13)14-10-25-32(12-14)19-11-26-31-8-6-20(27-21(19)31)30-7-2-3-18(30)16-9-15(23)4-5-17(16)24/h4-6,8-12,18H,2-3,7H2,1H3. The summed E-state index contributed by atoms with van der Waals surface area (Å²) >= 11 is 0. The van der Waals surface area contributed by atoms with E-state index < -0.39 is 11.6 Å². The van der Waals surface area contributed by atoms with Crippen molar-refractivity contribution in [1.29, 1.82) is 0 Å². The van der Waals surface area contributed by atoms with Gasteiger partial charge < -0.3 is 9.32 Å². The van der Waals surface area contributed by atoms with E-state index in [1.165, 1.54) is 12.1 Å². The van der Waals surface area contributed by atoms with E-state index in [0.717, 1.165) is 12.5 Å². The third-order valence-corrected chi connectivity index (χ3v) is 5.80. The lowest BCUT2D eigenvalue weighted by Gasteiger charge is -2.26. The van der Waals surface area contributed by atoms with Crippen LogP contribution in [0.15, 0.2) is 53.5 Å². The quantitative estimate of drug-likeness (QED) is 0.412. The van der Waals surface area contributed by atoms with E-state index in [1.807, 2.05) is 11.0 Å². The second-order valence-electron chi connectivity index (χ2n) is 7.90. The molecule has 0 aliphatic carbocycles. The van der Waals surface area contributed by atoms with Gasteiger partial charge in [0.15, 0.2) is 5.65 Å². The SMILES string of the molecule is Cc1nnc(-c2cnn(-c3cnn4ccc(N5CCCC5c5cc(F)ccc5F)nc34)c2)o1. The molecule has 0 spiro atoms. The number of aryl methyl sites for hydroxylation is 1. The van der Waals surface area contributed by atoms with Crippen LogP contribution in [0.3, 0.4) is 0 Å². The highest BCUT2D eigenvalue weighted by Crippen LogP contribution is 2.37. The van der Waals surface area contributed by atoms with E-state index in [4.69, 9.17) is 9.40 Å². The van der Waals surface area contributed by atoms with Gasteiger partial charge in [-0.3, -0.25) is 0 Å². The normalized spacial score (nSPS) is 16.2. The number of halogens is 2. The molecular formula is C22H18F2N8O. The van der Waals surface area contributed by atoms with E-state index in [-0.39, 0.29) is 6.04 Å². The van der Waals surface area contributed by atoms with Crippen molar-refractivity contribution >= 4 is 11.5 Å². The Kier molecular flexibility index (Phi) is 4.42. The van der Waals surface area contributed by atoms with Gasteiger partial charge in [0.05, 0.1) is 24.0 Å². The molecule has 0 amide bonds. The fourth-order valence-corrected chi connectivity index (χ4v) is 4.28. The van der Waals surface area contributed by atoms with Crippen LogP contribution in [-0.2, 0) is 0 Å². The van der Waals surface area contributed by atoms with E-state index >= 15 is 0 Å². The molecule has 1 aliphatic heterocycles. The Morgan fingerprint density at radius 1 is 1.09 bits per heavy atom. The van der Waals surface area contributed by atoms with E-state index in [2.05, 4.69) is 20.4 Å². The summed E-state index contributed by atoms with van der Waals surface area (Å²) in [5, 5.41) is 16.6. The van der Waals surface area contributed by atoms with Gasteiger partial charge in [0, 0.05) is 31.4 Å². The molecule has 1 atom stereocenters. The molecule has 0 N–H and O–H groups in total. The molecule has 9 nitrogen and oxygen atoms in total. The van der Waals surface area contributed by atoms with Crippen molar-refractivity contribution in [2.45, 2.75) is 25.8 Å². The van der Waals surface area contributed by atoms with Crippen molar-refractivity contribution in [2.24, 2.45) is 0 Å². The van der Waals surface area contributed by atoms with E-state index in [0.29, 0.717) is 53.0 Å². The number of rotatable bonds is 4. The molecule has 6 rings (SSSR count). The lowest BCUT2D eigenvalue weighted by atomic mass is 10.0. The maximum atomic E-state index is 14.5. The summed E-state index contributed by atoms with van der Waals surface area (Å²) in [6, 6.07) is 5.11. The fraction of sp³-hybridized carbons (Fsp3) is 0.227. The van der Waals surface area contributed by atoms with Crippen molar-refractivity contribution in [3.63, 3.8) is 0 Å². The van der Waals surface area contributed by atoms with Gasteiger partial charge in [-0.15, -0.1) is 10.2 Å². The van der Waals surface area contributed by atoms with Crippen LogP contribution >= 0.6 is 0 Å². The Hall–Kier alpha value is -4.15. The summed E-state index contributed by atoms with van der Waals surface area (Å²) in [4.78, 5) is 6.81. The Morgan fingerprint density at radius 3 is 2.85 bits per heavy atom. The Bertz CT molecular complexity index is 1470. The molecule has 1 aromatic carbocycles. The summed E-state index contributed by atoms with van der Waals surface area (Å²) in [5.41, 5.74) is 2.25. The van der Waals surface area contributed by atoms with Crippen LogP contribution in [0.2, 0.25) is 0 Å². The summed E-state index contributed by atoms with van der Waals surface area (Å²) in [6.45, 7) is 2.41. The minimum Gasteiger partial charge on any atom is -0.421 e. The van der Waals surface area contributed by atoms with E-state index in [1.54, 1.807) is 40.9 Å². The highest BCUT2D eigenvalue weighted by atomic mass is 19.1. The van der Waals surface area contributed by atoms with Crippen molar-refractivity contribution in [2.75, 3.05) is 11.4 Å². The second kappa shape index (κ2) is 7.47. The summed E-state index contributed by atoms with van der Waals surface area (Å²) in [6.07, 6.45) is 8.42. The number of aromatic nitrogens is 7. The predicted molar refractivity (Wildman–Crippen MR) is 114 cm³/mol. The molecule has 0 radical (unpaired) electrons. The molecule has 0 bridgehead atoms. The number of hydrogen-bond acceptors (Lipinski definition) is 7. The second-order valence-corrected chi connectivity index (χ2v) is 7.90. The number of benzene rings is 1. The minimum atomic E-state index is -0.453. The van der Waals surface area contributed by atoms with Crippen LogP contribution in [0, 0.1) is 18.6 Å². The predicted octanol–water partition coefficient (Wildman–Crippen LogP) is 3.89. The fourth-order valence-electron chi connectivity index (χ4n) is 4.28. The first kappa shape index (κ1) is 19.5. The highest BCUT2D eigenvalue weighted by molar-refractivity contribution is 5.62. The van der Waals surface area contributed by atoms with Crippen molar-refractivity contribution in [1.82, 2.24) is 34.6 Å². The molecule has 33 heavy (non-hydrogen) atoms. The van der Waals surface area contributed by atoms with Gasteiger partial charge >= 0.3 is 0 Å². The topological polar surface area (TPSA) is 90.2 Å². The molecule has 0 saturated carbocycles. The van der Waals surface area contributed by atoms with Crippen molar-refractivity contribution in [3.05, 3.63) is 72.1 Å². The zero-order valence-corrected chi connectivity index (χ0v) is 17.6. The van der Waals surface area contributed by atoms with Crippen molar-refractivity contribution in [3.8, 4) is 17.1 Å². The van der Waals surface area contributed by atoms with Gasteiger partial charge in [0.2, 0.25) is 5.89 Å². The van der Waals surface area contributed by atoms with Gasteiger partial charge in [0.1, 0.15) is 23.1 Å². The largest absolute Gasteiger partial charge is 0.421 e. The van der Waals surface area contributed by atoms with Crippen LogP contribution < -0.4 is 4.90 Å². The first-order valence-corrected chi connectivity index (χ1v) is 10.5. The van der Waals surface area contributed by atoms with Gasteiger partial charge in [-0.2, -0.15) is 10.2 Å². The zero-order valence-electron chi connectivity index (χ0n) is 17.6. The Morgan fingerprint density at radius 2 is 2.00 bits per heavy atom. The molecule has 1 fully saturated rings. The minimum absolute atomic E-state index is 0.293. The highest BCUT2D eigenvalue weighted by Gasteiger charge is 2.30. The van der Waals surface area contributed by atoms with Crippen LogP contribution in [0.1, 0.15) is 30.3 Å². The van der Waals surface area contributed by atoms with Crippen molar-refractivity contribution < 1.29 is 13.2 Å². The molecule has 166 valence electrons. The molecule has 11 heteroatoms. The van der Waals surface area contributed by atoms with Gasteiger partial charge in [0.25, 0.3) is 5.89 Å². The lowest BCUT2D eigenvalue weighted by Crippen LogP contribution is -2.24. The molecule has 4 aromatic heterocycles. The van der Waals surface area contributed by atoms with Gasteiger partial charge in [-0.1, -0.05) is 0 Å². The van der Waals surface area contributed by atoms with Crippen LogP contribution in [-0.4, -0.2) is 41.1 Å². The lowest BCUT2D eigenvalue weighted by molar-refractivity contribution is 0.533. The number of fused-ring (bicyclic) bond motifs is 1. The van der Waals surface area contributed by atoms with Crippen LogP contribution in [0.4, 0.5) is 14.6 Å². The molecule has 1 unspecified atom stereocenters. The Labute approximate surface area is 186 Å². The number of hydrogen-bond donors (Lipinski definition) is 0. The first-order valence-electron chi connectivity index (χ1n) is 10.5. The Balaban J connectivity index is 1.38. The van der Waals surface area contributed by atoms with E-state index in [9.17, 15) is 8.78 Å². The molecule has 5 heterocycles. The first-order chi connectivity index (χ1) is 16.1. The molecule has 1 aliphatic rings. The zero-order chi connectivity index (χ0) is 22.5. The average molecular weight is 448 g/mol. The van der Waals surface area contributed by atoms with Gasteiger partial charge in [-0.25, -0.2) is 23.0 Å². The maximum absolute atomic E-state index is 14.5.